The van der Waals surface area contributed by atoms with Gasteiger partial charge in [-0.05, 0) is 35.4 Å². The summed E-state index contributed by atoms with van der Waals surface area (Å²) in [4.78, 5) is 5.34. The maximum Gasteiger partial charge on any atom is 0.142 e. The van der Waals surface area contributed by atoms with Crippen molar-refractivity contribution >= 4 is 6.21 Å². The second-order valence-electron chi connectivity index (χ2n) is 6.00. The minimum absolute atomic E-state index is 0.511. The van der Waals surface area contributed by atoms with Crippen LogP contribution >= 0.6 is 0 Å². The summed E-state index contributed by atoms with van der Waals surface area (Å²) < 4.78 is 0. The lowest BCUT2D eigenvalue weighted by Crippen LogP contribution is -2.04. The molecule has 1 fully saturated rings. The molecule has 22 heavy (non-hydrogen) atoms. The first-order chi connectivity index (χ1) is 10.9. The van der Waals surface area contributed by atoms with E-state index >= 15 is 0 Å². The molecule has 0 spiro atoms. The van der Waals surface area contributed by atoms with Crippen molar-refractivity contribution in [2.45, 2.75) is 44.6 Å². The largest absolute Gasteiger partial charge is 0.391 e. The highest BCUT2D eigenvalue weighted by Gasteiger charge is 2.14. The molecule has 0 bridgehead atoms. The van der Waals surface area contributed by atoms with Gasteiger partial charge in [0.25, 0.3) is 0 Å². The lowest BCUT2D eigenvalue weighted by Gasteiger charge is -2.21. The van der Waals surface area contributed by atoms with Crippen molar-refractivity contribution in [1.29, 1.82) is 0 Å². The van der Waals surface area contributed by atoms with E-state index in [1.165, 1.54) is 37.7 Å². The number of hydrogen-bond donors (Lipinski definition) is 0. The Morgan fingerprint density at radius 1 is 0.909 bits per heavy atom. The van der Waals surface area contributed by atoms with E-state index in [-0.39, 0.29) is 0 Å². The summed E-state index contributed by atoms with van der Waals surface area (Å²) >= 11 is 0. The molecule has 0 aliphatic heterocycles. The van der Waals surface area contributed by atoms with Gasteiger partial charge >= 0.3 is 0 Å². The highest BCUT2D eigenvalue weighted by atomic mass is 16.6. The van der Waals surface area contributed by atoms with Gasteiger partial charge in [0.05, 0.1) is 6.21 Å². The van der Waals surface area contributed by atoms with Gasteiger partial charge in [-0.3, -0.25) is 0 Å². The fraction of sp³-hybridized carbons (Fsp3) is 0.350. The number of oxime groups is 1. The van der Waals surface area contributed by atoms with E-state index in [0.717, 1.165) is 17.0 Å². The predicted octanol–water partition coefficient (Wildman–Crippen LogP) is 5.29. The van der Waals surface area contributed by atoms with E-state index in [1.807, 2.05) is 30.3 Å². The summed E-state index contributed by atoms with van der Waals surface area (Å²) in [5.41, 5.74) is 3.70. The molecular weight excluding hydrogens is 270 g/mol. The summed E-state index contributed by atoms with van der Waals surface area (Å²) in [5, 5.41) is 4.05. The topological polar surface area (TPSA) is 21.6 Å². The molecule has 0 amide bonds. The Labute approximate surface area is 132 Å². The van der Waals surface area contributed by atoms with Gasteiger partial charge < -0.3 is 4.84 Å². The first kappa shape index (κ1) is 14.8. The molecule has 1 aliphatic rings. The average Bonchev–Trinajstić information content (AvgIpc) is 2.61. The van der Waals surface area contributed by atoms with Gasteiger partial charge in [0.1, 0.15) is 6.61 Å². The molecule has 0 radical (unpaired) electrons. The van der Waals surface area contributed by atoms with Gasteiger partial charge in [-0.25, -0.2) is 0 Å². The lowest BCUT2D eigenvalue weighted by atomic mass is 9.84. The zero-order valence-corrected chi connectivity index (χ0v) is 12.9. The van der Waals surface area contributed by atoms with Crippen molar-refractivity contribution in [2.24, 2.45) is 5.16 Å². The number of rotatable bonds is 5. The summed E-state index contributed by atoms with van der Waals surface area (Å²) in [7, 11) is 0. The van der Waals surface area contributed by atoms with Crippen LogP contribution in [0.25, 0.3) is 0 Å². The van der Waals surface area contributed by atoms with Crippen molar-refractivity contribution in [3.05, 3.63) is 71.3 Å². The molecule has 2 aromatic rings. The van der Waals surface area contributed by atoms with Crippen LogP contribution in [0.15, 0.2) is 59.8 Å². The number of benzene rings is 2. The minimum atomic E-state index is 0.511. The zero-order valence-electron chi connectivity index (χ0n) is 12.9. The molecule has 114 valence electrons. The molecule has 0 atom stereocenters. The summed E-state index contributed by atoms with van der Waals surface area (Å²) in [6.45, 7) is 0.511. The molecule has 3 rings (SSSR count). The van der Waals surface area contributed by atoms with Crippen molar-refractivity contribution < 1.29 is 4.84 Å². The monoisotopic (exact) mass is 293 g/mol. The third-order valence-corrected chi connectivity index (χ3v) is 4.36. The summed E-state index contributed by atoms with van der Waals surface area (Å²) in [6, 6.07) is 18.9. The maximum atomic E-state index is 5.34. The van der Waals surface area contributed by atoms with Crippen LogP contribution in [0.5, 0.6) is 0 Å². The fourth-order valence-electron chi connectivity index (χ4n) is 3.07. The first-order valence-corrected chi connectivity index (χ1v) is 8.21. The Bertz CT molecular complexity index is 583. The van der Waals surface area contributed by atoms with Gasteiger partial charge in [-0.2, -0.15) is 0 Å². The standard InChI is InChI=1S/C20H23NO/c1-3-7-18(8-4-1)16-22-21-15-17-11-13-20(14-12-17)19-9-5-2-6-10-19/h1,3-4,7-8,11-15,19H,2,5-6,9-10,16H2. The quantitative estimate of drug-likeness (QED) is 0.542. The van der Waals surface area contributed by atoms with Crippen molar-refractivity contribution in [3.8, 4) is 0 Å². The van der Waals surface area contributed by atoms with E-state index in [9.17, 15) is 0 Å². The van der Waals surface area contributed by atoms with Gasteiger partial charge in [-0.1, -0.05) is 79.0 Å². The Morgan fingerprint density at radius 2 is 1.64 bits per heavy atom. The molecule has 1 aliphatic carbocycles. The highest BCUT2D eigenvalue weighted by Crippen LogP contribution is 2.32. The SMILES string of the molecule is C(=NOCc1ccccc1)c1ccc(C2CCCCC2)cc1. The van der Waals surface area contributed by atoms with Gasteiger partial charge in [-0.15, -0.1) is 0 Å². The van der Waals surface area contributed by atoms with Gasteiger partial charge in [0.15, 0.2) is 0 Å². The Morgan fingerprint density at radius 3 is 2.36 bits per heavy atom. The van der Waals surface area contributed by atoms with E-state index in [1.54, 1.807) is 6.21 Å². The molecule has 0 aromatic heterocycles. The fourth-order valence-corrected chi connectivity index (χ4v) is 3.07. The van der Waals surface area contributed by atoms with E-state index in [4.69, 9.17) is 4.84 Å². The molecular formula is C20H23NO. The smallest absolute Gasteiger partial charge is 0.142 e. The number of nitrogens with zero attached hydrogens (tertiary/aromatic N) is 1. The predicted molar refractivity (Wildman–Crippen MR) is 91.1 cm³/mol. The van der Waals surface area contributed by atoms with Crippen molar-refractivity contribution in [2.75, 3.05) is 0 Å². The summed E-state index contributed by atoms with van der Waals surface area (Å²) in [6.07, 6.45) is 8.62. The van der Waals surface area contributed by atoms with E-state index in [2.05, 4.69) is 29.4 Å². The van der Waals surface area contributed by atoms with Crippen LogP contribution in [0.2, 0.25) is 0 Å². The molecule has 2 aromatic carbocycles. The minimum Gasteiger partial charge on any atom is -0.391 e. The average molecular weight is 293 g/mol. The van der Waals surface area contributed by atoms with Gasteiger partial charge in [0.2, 0.25) is 0 Å². The Balaban J connectivity index is 1.51. The Hall–Kier alpha value is -2.09. The van der Waals surface area contributed by atoms with Crippen LogP contribution in [0, 0.1) is 0 Å². The zero-order chi connectivity index (χ0) is 15.0. The van der Waals surface area contributed by atoms with Crippen molar-refractivity contribution in [1.82, 2.24) is 0 Å². The second kappa shape index (κ2) is 7.79. The molecule has 0 unspecified atom stereocenters. The molecule has 2 heteroatoms. The molecule has 0 saturated heterocycles. The Kier molecular flexibility index (Phi) is 5.25. The second-order valence-corrected chi connectivity index (χ2v) is 6.00. The molecule has 0 N–H and O–H groups in total. The molecule has 2 nitrogen and oxygen atoms in total. The molecule has 0 heterocycles. The third-order valence-electron chi connectivity index (χ3n) is 4.36. The van der Waals surface area contributed by atoms with Gasteiger partial charge in [0, 0.05) is 0 Å². The van der Waals surface area contributed by atoms with Crippen LogP contribution in [-0.4, -0.2) is 6.21 Å². The van der Waals surface area contributed by atoms with Crippen LogP contribution in [0.1, 0.15) is 54.7 Å². The van der Waals surface area contributed by atoms with Crippen LogP contribution in [0.4, 0.5) is 0 Å². The summed E-state index contributed by atoms with van der Waals surface area (Å²) in [5.74, 6) is 0.758. The van der Waals surface area contributed by atoms with E-state index < -0.39 is 0 Å². The van der Waals surface area contributed by atoms with Crippen molar-refractivity contribution in [3.63, 3.8) is 0 Å². The normalized spacial score (nSPS) is 16.0. The van der Waals surface area contributed by atoms with Crippen LogP contribution in [0.3, 0.4) is 0 Å². The van der Waals surface area contributed by atoms with Crippen LogP contribution < -0.4 is 0 Å². The number of hydrogen-bond acceptors (Lipinski definition) is 2. The highest BCUT2D eigenvalue weighted by molar-refractivity contribution is 5.79. The first-order valence-electron chi connectivity index (χ1n) is 8.21. The lowest BCUT2D eigenvalue weighted by molar-refractivity contribution is 0.132. The maximum absolute atomic E-state index is 5.34. The van der Waals surface area contributed by atoms with Crippen LogP contribution in [-0.2, 0) is 11.4 Å². The van der Waals surface area contributed by atoms with E-state index in [0.29, 0.717) is 6.61 Å². The molecule has 1 saturated carbocycles. The third kappa shape index (κ3) is 4.20.